The van der Waals surface area contributed by atoms with Crippen molar-refractivity contribution in [1.82, 2.24) is 10.6 Å². The van der Waals surface area contributed by atoms with Crippen LogP contribution in [0.1, 0.15) is 86.0 Å². The molecule has 0 aromatic heterocycles. The van der Waals surface area contributed by atoms with E-state index >= 15 is 4.39 Å². The molecule has 1 amide bonds. The molecule has 3 atom stereocenters. The van der Waals surface area contributed by atoms with E-state index in [2.05, 4.69) is 10.6 Å². The van der Waals surface area contributed by atoms with Gasteiger partial charge in [-0.05, 0) is 86.3 Å². The summed E-state index contributed by atoms with van der Waals surface area (Å²) in [6.07, 6.45) is 7.62. The van der Waals surface area contributed by atoms with Crippen LogP contribution in [0.5, 0.6) is 5.75 Å². The van der Waals surface area contributed by atoms with E-state index in [0.717, 1.165) is 38.5 Å². The van der Waals surface area contributed by atoms with E-state index in [9.17, 15) is 19.1 Å². The van der Waals surface area contributed by atoms with Crippen LogP contribution in [0.2, 0.25) is 0 Å². The number of halogens is 2. The van der Waals surface area contributed by atoms with Gasteiger partial charge in [-0.3, -0.25) is 4.79 Å². The number of aromatic carboxylic acids is 1. The zero-order chi connectivity index (χ0) is 26.5. The van der Waals surface area contributed by atoms with Crippen molar-refractivity contribution in [1.29, 1.82) is 0 Å². The number of ether oxygens (including phenoxy) is 1. The normalized spacial score (nSPS) is 28.1. The number of carbonyl (C=O) groups excluding carboxylic acids is 1. The highest BCUT2D eigenvalue weighted by Crippen LogP contribution is 2.46. The Kier molecular flexibility index (Phi) is 6.41. The van der Waals surface area contributed by atoms with Crippen LogP contribution in [-0.2, 0) is 4.79 Å². The molecule has 2 aromatic carbocycles. The van der Waals surface area contributed by atoms with E-state index < -0.39 is 17.5 Å². The first-order chi connectivity index (χ1) is 18.3. The van der Waals surface area contributed by atoms with Crippen LogP contribution >= 0.6 is 0 Å². The quantitative estimate of drug-likeness (QED) is 0.445. The lowest BCUT2D eigenvalue weighted by Gasteiger charge is -2.38. The Morgan fingerprint density at radius 3 is 2.53 bits per heavy atom. The molecule has 0 radical (unpaired) electrons. The average molecular weight is 525 g/mol. The lowest BCUT2D eigenvalue weighted by molar-refractivity contribution is -0.133. The van der Waals surface area contributed by atoms with Crippen molar-refractivity contribution in [2.75, 3.05) is 6.54 Å². The number of hydrogen-bond donors (Lipinski definition) is 3. The fourth-order valence-corrected chi connectivity index (χ4v) is 6.64. The van der Waals surface area contributed by atoms with Gasteiger partial charge in [0.25, 0.3) is 5.91 Å². The molecule has 3 N–H and O–H groups in total. The molecule has 202 valence electrons. The number of alkyl halides is 1. The Labute approximate surface area is 221 Å². The molecule has 4 fully saturated rings. The number of amides is 1. The summed E-state index contributed by atoms with van der Waals surface area (Å²) in [5.41, 5.74) is -0.144. The maximum absolute atomic E-state index is 15.4. The van der Waals surface area contributed by atoms with Gasteiger partial charge in [-0.2, -0.15) is 0 Å². The molecule has 8 heteroatoms. The predicted molar refractivity (Wildman–Crippen MR) is 139 cm³/mol. The molecule has 0 unspecified atom stereocenters. The summed E-state index contributed by atoms with van der Waals surface area (Å²) >= 11 is 0. The van der Waals surface area contributed by atoms with E-state index in [-0.39, 0.29) is 47.9 Å². The van der Waals surface area contributed by atoms with Gasteiger partial charge in [0.2, 0.25) is 5.67 Å². The van der Waals surface area contributed by atoms with E-state index in [1.807, 2.05) is 6.07 Å². The third-order valence-electron chi connectivity index (χ3n) is 9.18. The molecule has 4 aliphatic rings. The number of carbonyl (C=O) groups is 2. The van der Waals surface area contributed by atoms with Crippen molar-refractivity contribution >= 4 is 11.9 Å². The first-order valence-electron chi connectivity index (χ1n) is 13.8. The highest BCUT2D eigenvalue weighted by atomic mass is 19.1. The summed E-state index contributed by atoms with van der Waals surface area (Å²) in [5.74, 6) is -1.29. The van der Waals surface area contributed by atoms with Crippen LogP contribution in [0.3, 0.4) is 0 Å². The second-order valence-corrected chi connectivity index (χ2v) is 11.7. The molecular weight excluding hydrogens is 490 g/mol. The number of hydrogen-bond acceptors (Lipinski definition) is 4. The molecule has 6 nitrogen and oxygen atoms in total. The number of rotatable bonds is 7. The van der Waals surface area contributed by atoms with Crippen molar-refractivity contribution < 1.29 is 28.2 Å². The Bertz CT molecular complexity index is 1260. The number of carboxylic acid groups (broad SMARTS) is 1. The van der Waals surface area contributed by atoms with Crippen LogP contribution in [-0.4, -0.2) is 46.9 Å². The van der Waals surface area contributed by atoms with Gasteiger partial charge in [-0.15, -0.1) is 0 Å². The number of benzene rings is 2. The van der Waals surface area contributed by atoms with Gasteiger partial charge in [-0.1, -0.05) is 18.6 Å². The minimum absolute atomic E-state index is 0.0573. The topological polar surface area (TPSA) is 87.7 Å². The highest BCUT2D eigenvalue weighted by molar-refractivity contribution is 5.91. The predicted octanol–water partition coefficient (Wildman–Crippen LogP) is 5.50. The molecule has 3 aliphatic carbocycles. The van der Waals surface area contributed by atoms with Gasteiger partial charge in [0, 0.05) is 36.5 Å². The largest absolute Gasteiger partial charge is 0.490 e. The second-order valence-electron chi connectivity index (χ2n) is 11.7. The third-order valence-corrected chi connectivity index (χ3v) is 9.18. The standard InChI is InChI=1S/C30H34F2N2O4/c31-24-7-2-6-22(26(24)18-4-1-5-18)23-14-19(27(35)36)8-11-25(23)38-21-10-9-20(15-21)34-28(37)30(32)16-29(33-17-30)12-3-13-29/h2,6-8,11,14,18,20-21,33H,1,3-5,9-10,12-13,15-17H2,(H,34,37)(H,35,36)/t20-,21-,30+/m1/s1. The average Bonchev–Trinajstić information content (AvgIpc) is 3.44. The van der Waals surface area contributed by atoms with Crippen molar-refractivity contribution in [3.8, 4) is 16.9 Å². The SMILES string of the molecule is O=C(O)c1ccc(O[C@@H]2CC[C@@H](NC(=O)[C@@]3(F)CNC4(CCC4)C3)C2)c(-c2cccc(F)c2C2CCC2)c1. The van der Waals surface area contributed by atoms with E-state index in [4.69, 9.17) is 4.74 Å². The lowest BCUT2D eigenvalue weighted by Crippen LogP contribution is -2.49. The Balaban J connectivity index is 1.19. The lowest BCUT2D eigenvalue weighted by atomic mass is 9.74. The first-order valence-corrected chi connectivity index (χ1v) is 13.8. The Hall–Kier alpha value is -3.00. The number of carboxylic acids is 1. The molecule has 1 aliphatic heterocycles. The zero-order valence-corrected chi connectivity index (χ0v) is 21.4. The molecule has 1 saturated heterocycles. The molecular formula is C30H34F2N2O4. The Morgan fingerprint density at radius 2 is 1.87 bits per heavy atom. The van der Waals surface area contributed by atoms with Crippen molar-refractivity contribution in [3.63, 3.8) is 0 Å². The van der Waals surface area contributed by atoms with Gasteiger partial charge in [0.15, 0.2) is 0 Å². The summed E-state index contributed by atoms with van der Waals surface area (Å²) in [5, 5.41) is 15.8. The second kappa shape index (κ2) is 9.63. The summed E-state index contributed by atoms with van der Waals surface area (Å²) in [4.78, 5) is 24.6. The fraction of sp³-hybridized carbons (Fsp3) is 0.533. The van der Waals surface area contributed by atoms with Crippen LogP contribution in [0, 0.1) is 5.82 Å². The monoisotopic (exact) mass is 524 g/mol. The van der Waals surface area contributed by atoms with Crippen molar-refractivity contribution in [3.05, 3.63) is 53.3 Å². The molecule has 6 rings (SSSR count). The van der Waals surface area contributed by atoms with Gasteiger partial charge < -0.3 is 20.5 Å². The van der Waals surface area contributed by atoms with Gasteiger partial charge in [0.05, 0.1) is 5.56 Å². The minimum atomic E-state index is -1.88. The maximum atomic E-state index is 15.4. The molecule has 38 heavy (non-hydrogen) atoms. The van der Waals surface area contributed by atoms with Crippen LogP contribution in [0.15, 0.2) is 36.4 Å². The zero-order valence-electron chi connectivity index (χ0n) is 21.4. The molecule has 1 heterocycles. The van der Waals surface area contributed by atoms with Crippen LogP contribution in [0.4, 0.5) is 8.78 Å². The molecule has 3 saturated carbocycles. The minimum Gasteiger partial charge on any atom is -0.490 e. The van der Waals surface area contributed by atoms with Crippen LogP contribution < -0.4 is 15.4 Å². The van der Waals surface area contributed by atoms with Gasteiger partial charge in [0.1, 0.15) is 17.7 Å². The smallest absolute Gasteiger partial charge is 0.335 e. The van der Waals surface area contributed by atoms with E-state index in [0.29, 0.717) is 41.7 Å². The molecule has 2 aromatic rings. The number of nitrogens with one attached hydrogen (secondary N) is 2. The van der Waals surface area contributed by atoms with Gasteiger partial charge in [-0.25, -0.2) is 13.6 Å². The Morgan fingerprint density at radius 1 is 1.05 bits per heavy atom. The fourth-order valence-electron chi connectivity index (χ4n) is 6.64. The third kappa shape index (κ3) is 4.57. The maximum Gasteiger partial charge on any atom is 0.335 e. The highest BCUT2D eigenvalue weighted by Gasteiger charge is 2.55. The molecule has 0 bridgehead atoms. The molecule has 1 spiro atoms. The van der Waals surface area contributed by atoms with Crippen molar-refractivity contribution in [2.45, 2.75) is 93.5 Å². The summed E-state index contributed by atoms with van der Waals surface area (Å²) in [6.45, 7) is 0.0573. The summed E-state index contributed by atoms with van der Waals surface area (Å²) in [7, 11) is 0. The van der Waals surface area contributed by atoms with E-state index in [1.165, 1.54) is 12.1 Å². The summed E-state index contributed by atoms with van der Waals surface area (Å²) < 4.78 is 36.8. The van der Waals surface area contributed by atoms with Gasteiger partial charge >= 0.3 is 5.97 Å². The first kappa shape index (κ1) is 25.3. The van der Waals surface area contributed by atoms with Crippen molar-refractivity contribution in [2.24, 2.45) is 0 Å². The van der Waals surface area contributed by atoms with E-state index in [1.54, 1.807) is 18.2 Å². The summed E-state index contributed by atoms with van der Waals surface area (Å²) in [6, 6.07) is 9.41. The van der Waals surface area contributed by atoms with Crippen LogP contribution in [0.25, 0.3) is 11.1 Å².